The first kappa shape index (κ1) is 45.2. The van der Waals surface area contributed by atoms with Crippen molar-refractivity contribution in [2.24, 2.45) is 11.8 Å². The molecule has 14 heteroatoms. The molecule has 0 aromatic carbocycles. The minimum atomic E-state index is -0.988. The van der Waals surface area contributed by atoms with Crippen molar-refractivity contribution in [2.75, 3.05) is 45.9 Å². The molecule has 0 bridgehead atoms. The second-order valence-corrected chi connectivity index (χ2v) is 13.8. The van der Waals surface area contributed by atoms with Gasteiger partial charge in [0, 0.05) is 63.8 Å². The summed E-state index contributed by atoms with van der Waals surface area (Å²) in [5.74, 6) is -0.915. The Labute approximate surface area is 306 Å². The third kappa shape index (κ3) is 14.4. The number of hydrogen-bond acceptors (Lipinski definition) is 8. The van der Waals surface area contributed by atoms with E-state index >= 15 is 0 Å². The van der Waals surface area contributed by atoms with Gasteiger partial charge in [-0.15, -0.1) is 0 Å². The Kier molecular flexibility index (Phi) is 20.1. The number of halogens is 2. The number of esters is 1. The Hall–Kier alpha value is -2.82. The predicted octanol–water partition coefficient (Wildman–Crippen LogP) is 1.52. The molecule has 2 fully saturated rings. The Balaban J connectivity index is 0.000000482. The maximum Gasteiger partial charge on any atom is 1.00 e. The van der Waals surface area contributed by atoms with Crippen LogP contribution in [-0.2, 0) is 27.2 Å². The summed E-state index contributed by atoms with van der Waals surface area (Å²) >= 11 is 0. The Bertz CT molecular complexity index is 1450. The number of carbonyl (C=O) groups is 2. The number of rotatable bonds is 15. The van der Waals surface area contributed by atoms with Gasteiger partial charge in [0.2, 0.25) is 0 Å². The largest absolute Gasteiger partial charge is 1.00 e. The number of pyridine rings is 2. The quantitative estimate of drug-likeness (QED) is 0.216. The SMILES string of the molecule is CC(C)CC(C(=O)O)n1cc(CCN2CC[C@@H](F)C2)ccc1=O.CCOC(=O)C(CC(C)C)n1cc(CCN2CC[C@@H](F)C2)ccc1=O.[Li+].[OH-]. The number of carbonyl (C=O) groups excluding carboxylic acids is 1. The van der Waals surface area contributed by atoms with Crippen LogP contribution >= 0.6 is 0 Å². The average Bonchev–Trinajstić information content (AvgIpc) is 3.65. The molecule has 4 heterocycles. The maximum absolute atomic E-state index is 13.3. The first-order valence-electron chi connectivity index (χ1n) is 17.3. The third-order valence-electron chi connectivity index (χ3n) is 8.77. The van der Waals surface area contributed by atoms with Gasteiger partial charge in [-0.1, -0.05) is 39.8 Å². The first-order chi connectivity index (χ1) is 22.8. The molecular weight excluding hydrogens is 645 g/mol. The van der Waals surface area contributed by atoms with Gasteiger partial charge < -0.3 is 34.3 Å². The van der Waals surface area contributed by atoms with Crippen LogP contribution in [0.25, 0.3) is 0 Å². The Morgan fingerprint density at radius 2 is 1.22 bits per heavy atom. The fraction of sp³-hybridized carbons (Fsp3) is 0.667. The van der Waals surface area contributed by atoms with Crippen LogP contribution in [0.2, 0.25) is 0 Å². The van der Waals surface area contributed by atoms with Crippen molar-refractivity contribution in [3.63, 3.8) is 0 Å². The molecule has 2 aromatic heterocycles. The summed E-state index contributed by atoms with van der Waals surface area (Å²) in [6.07, 6.45) is 5.48. The number of nitrogens with zero attached hydrogens (tertiary/aromatic N) is 4. The smallest absolute Gasteiger partial charge is 0.870 e. The van der Waals surface area contributed by atoms with Crippen LogP contribution in [-0.4, -0.2) is 99.7 Å². The second kappa shape index (κ2) is 22.2. The van der Waals surface area contributed by atoms with Crippen molar-refractivity contribution in [1.82, 2.24) is 18.9 Å². The number of ether oxygens (including phenoxy) is 1. The van der Waals surface area contributed by atoms with Crippen LogP contribution < -0.4 is 30.0 Å². The summed E-state index contributed by atoms with van der Waals surface area (Å²) in [6.45, 7) is 13.9. The van der Waals surface area contributed by atoms with E-state index in [2.05, 4.69) is 9.80 Å². The molecule has 0 radical (unpaired) electrons. The van der Waals surface area contributed by atoms with E-state index in [4.69, 9.17) is 4.74 Å². The minimum absolute atomic E-state index is 0. The Morgan fingerprint density at radius 1 is 0.800 bits per heavy atom. The molecule has 2 aliphatic heterocycles. The standard InChI is InChI=1S/C19H29FN2O3.C17H25FN2O3.Li.H2O/c1-4-25-19(24)17(11-14(2)3)22-12-15(5-6-18(22)23)7-9-21-10-8-16(20)13-21;1-12(2)9-15(17(22)23)20-10-13(3-4-16(20)21)5-7-19-8-6-14(18)11-19;;/h5-6,12,14,16-17H,4,7-11,13H2,1-3H3;3-4,10,12,14-15H,5-9,11H2,1-2H3,(H,22,23);;1H2/q;;+1;/p-1/t16-,17?;14-,15?;;/m11../s1. The van der Waals surface area contributed by atoms with Crippen LogP contribution in [0.4, 0.5) is 8.78 Å². The van der Waals surface area contributed by atoms with Gasteiger partial charge in [0.25, 0.3) is 11.1 Å². The summed E-state index contributed by atoms with van der Waals surface area (Å²) < 4.78 is 34.4. The summed E-state index contributed by atoms with van der Waals surface area (Å²) in [6, 6.07) is 5.01. The third-order valence-corrected chi connectivity index (χ3v) is 8.77. The van der Waals surface area contributed by atoms with Crippen molar-refractivity contribution in [1.29, 1.82) is 0 Å². The van der Waals surface area contributed by atoms with E-state index in [1.54, 1.807) is 31.5 Å². The fourth-order valence-corrected chi connectivity index (χ4v) is 6.22. The van der Waals surface area contributed by atoms with E-state index in [0.717, 1.165) is 43.7 Å². The number of aliphatic carboxylic acids is 1. The van der Waals surface area contributed by atoms with Gasteiger partial charge >= 0.3 is 30.8 Å². The van der Waals surface area contributed by atoms with Gasteiger partial charge in [-0.3, -0.25) is 9.59 Å². The molecule has 0 saturated carbocycles. The van der Waals surface area contributed by atoms with E-state index in [1.807, 2.05) is 27.7 Å². The molecule has 50 heavy (non-hydrogen) atoms. The maximum atomic E-state index is 13.3. The zero-order valence-corrected chi connectivity index (χ0v) is 30.6. The molecule has 11 nitrogen and oxygen atoms in total. The summed E-state index contributed by atoms with van der Waals surface area (Å²) in [4.78, 5) is 52.3. The number of hydrogen-bond donors (Lipinski definition) is 1. The second-order valence-electron chi connectivity index (χ2n) is 13.8. The zero-order chi connectivity index (χ0) is 35.4. The summed E-state index contributed by atoms with van der Waals surface area (Å²) in [7, 11) is 0. The first-order valence-corrected chi connectivity index (χ1v) is 17.3. The van der Waals surface area contributed by atoms with E-state index in [1.165, 1.54) is 21.3 Å². The van der Waals surface area contributed by atoms with Crippen molar-refractivity contribution in [2.45, 2.75) is 97.6 Å². The summed E-state index contributed by atoms with van der Waals surface area (Å²) in [5.41, 5.74) is 1.38. The number of likely N-dealkylation sites (tertiary alicyclic amines) is 2. The number of aromatic nitrogens is 2. The monoisotopic (exact) mass is 700 g/mol. The van der Waals surface area contributed by atoms with Crippen molar-refractivity contribution in [3.8, 4) is 0 Å². The summed E-state index contributed by atoms with van der Waals surface area (Å²) in [5, 5.41) is 9.41. The van der Waals surface area contributed by atoms with E-state index in [-0.39, 0.29) is 53.3 Å². The van der Waals surface area contributed by atoms with E-state index in [0.29, 0.717) is 51.8 Å². The van der Waals surface area contributed by atoms with Crippen molar-refractivity contribution in [3.05, 3.63) is 68.5 Å². The molecule has 0 spiro atoms. The van der Waals surface area contributed by atoms with Crippen LogP contribution in [0.15, 0.2) is 46.2 Å². The molecule has 0 amide bonds. The van der Waals surface area contributed by atoms with Gasteiger partial charge in [-0.25, -0.2) is 18.4 Å². The molecule has 4 rings (SSSR count). The van der Waals surface area contributed by atoms with E-state index < -0.39 is 30.4 Å². The minimum Gasteiger partial charge on any atom is -0.870 e. The molecule has 0 aliphatic carbocycles. The topological polar surface area (TPSA) is 144 Å². The van der Waals surface area contributed by atoms with Crippen LogP contribution in [0, 0.1) is 11.8 Å². The van der Waals surface area contributed by atoms with Crippen LogP contribution in [0.1, 0.15) is 83.5 Å². The number of carboxylic acid groups (broad SMARTS) is 1. The molecular formula is C36H55F2LiN4O7. The van der Waals surface area contributed by atoms with Gasteiger partial charge in [-0.05, 0) is 68.4 Å². The molecule has 2 N–H and O–H groups in total. The van der Waals surface area contributed by atoms with Crippen LogP contribution in [0.3, 0.4) is 0 Å². The van der Waals surface area contributed by atoms with Gasteiger partial charge in [-0.2, -0.15) is 0 Å². The normalized spacial score (nSPS) is 18.9. The number of carboxylic acids is 1. The molecule has 2 aromatic rings. The predicted molar refractivity (Wildman–Crippen MR) is 184 cm³/mol. The molecule has 4 atom stereocenters. The molecule has 2 unspecified atom stereocenters. The Morgan fingerprint density at radius 3 is 1.58 bits per heavy atom. The fourth-order valence-electron chi connectivity index (χ4n) is 6.22. The molecule has 2 saturated heterocycles. The number of alkyl halides is 2. The molecule has 276 valence electrons. The average molecular weight is 701 g/mol. The van der Waals surface area contributed by atoms with Crippen molar-refractivity contribution >= 4 is 11.9 Å². The van der Waals surface area contributed by atoms with Gasteiger partial charge in [0.05, 0.1) is 6.61 Å². The van der Waals surface area contributed by atoms with Crippen molar-refractivity contribution < 1.29 is 52.6 Å². The zero-order valence-electron chi connectivity index (χ0n) is 30.6. The molecule has 2 aliphatic rings. The van der Waals surface area contributed by atoms with E-state index in [9.17, 15) is 33.1 Å². The van der Waals surface area contributed by atoms with Gasteiger partial charge in [0.1, 0.15) is 24.4 Å². The van der Waals surface area contributed by atoms with Crippen LogP contribution in [0.5, 0.6) is 0 Å². The van der Waals surface area contributed by atoms with Gasteiger partial charge in [0.15, 0.2) is 0 Å².